The quantitative estimate of drug-likeness (QED) is 0.150. The van der Waals surface area contributed by atoms with Gasteiger partial charge < -0.3 is 23.8 Å². The lowest BCUT2D eigenvalue weighted by molar-refractivity contribution is 0.468. The van der Waals surface area contributed by atoms with Gasteiger partial charge in [-0.3, -0.25) is 0 Å². The number of ether oxygens (including phenoxy) is 2. The fourth-order valence-corrected chi connectivity index (χ4v) is 9.74. The molecule has 0 fully saturated rings. The molecule has 0 amide bonds. The number of hydrogen-bond donors (Lipinski definition) is 0. The molecule has 0 bridgehead atoms. The standard InChI is InChI=1S/C58H44BN3O2/c1-37-14-22-42(23-15-37)60(43-24-16-38(2)17-25-43)46-30-32-50-53(34-46)63-55-36-49-48-12-8-9-13-52(48)62(41-10-6-5-7-11-41)57(49)58-56(55)59(50)51-33-31-47(35-54(51)64-58)61(44-26-18-39(3)19-27-44)45-28-20-40(4)21-29-45/h5-36H,1-4H3. The highest BCUT2D eigenvalue weighted by atomic mass is 16.5. The first-order valence-electron chi connectivity index (χ1n) is 22.0. The van der Waals surface area contributed by atoms with Gasteiger partial charge in [-0.2, -0.15) is 0 Å². The van der Waals surface area contributed by atoms with Gasteiger partial charge in [0.15, 0.2) is 5.75 Å². The van der Waals surface area contributed by atoms with Crippen LogP contribution in [0.1, 0.15) is 22.3 Å². The monoisotopic (exact) mass is 825 g/mol. The van der Waals surface area contributed by atoms with Crippen LogP contribution in [0.15, 0.2) is 194 Å². The van der Waals surface area contributed by atoms with E-state index in [4.69, 9.17) is 9.47 Å². The van der Waals surface area contributed by atoms with Gasteiger partial charge in [0.05, 0.1) is 11.0 Å². The van der Waals surface area contributed by atoms with Crippen molar-refractivity contribution < 1.29 is 9.47 Å². The Morgan fingerprint density at radius 1 is 0.391 bits per heavy atom. The van der Waals surface area contributed by atoms with Crippen LogP contribution in [0.3, 0.4) is 0 Å². The van der Waals surface area contributed by atoms with Gasteiger partial charge in [-0.25, -0.2) is 0 Å². The average Bonchev–Trinajstić information content (AvgIpc) is 3.66. The van der Waals surface area contributed by atoms with Crippen molar-refractivity contribution in [3.05, 3.63) is 216 Å². The first kappa shape index (κ1) is 37.8. The maximum Gasteiger partial charge on any atom is 0.260 e. The second-order valence-electron chi connectivity index (χ2n) is 17.3. The minimum atomic E-state index is -0.161. The minimum Gasteiger partial charge on any atom is -0.458 e. The normalized spacial score (nSPS) is 12.3. The van der Waals surface area contributed by atoms with Crippen molar-refractivity contribution >= 4 is 79.0 Å². The van der Waals surface area contributed by atoms with Crippen LogP contribution in [0.5, 0.6) is 23.0 Å². The van der Waals surface area contributed by atoms with E-state index in [9.17, 15) is 0 Å². The van der Waals surface area contributed by atoms with Gasteiger partial charge in [0.1, 0.15) is 17.2 Å². The molecular formula is C58H44BN3O2. The molecule has 2 aliphatic heterocycles. The Morgan fingerprint density at radius 2 is 0.828 bits per heavy atom. The molecule has 0 radical (unpaired) electrons. The first-order valence-corrected chi connectivity index (χ1v) is 22.0. The molecule has 0 N–H and O–H groups in total. The number of fused-ring (bicyclic) bond motifs is 8. The fraction of sp³-hybridized carbons (Fsp3) is 0.0690. The molecule has 64 heavy (non-hydrogen) atoms. The van der Waals surface area contributed by atoms with E-state index in [0.717, 1.165) is 101 Å². The number of benzene rings is 9. The Morgan fingerprint density at radius 3 is 1.33 bits per heavy atom. The summed E-state index contributed by atoms with van der Waals surface area (Å²) in [5, 5.41) is 2.21. The molecule has 0 aliphatic carbocycles. The van der Waals surface area contributed by atoms with E-state index in [0.29, 0.717) is 0 Å². The van der Waals surface area contributed by atoms with E-state index in [2.05, 4.69) is 236 Å². The lowest BCUT2D eigenvalue weighted by atomic mass is 9.34. The lowest BCUT2D eigenvalue weighted by Gasteiger charge is -2.35. The number of aryl methyl sites for hydroxylation is 4. The molecule has 10 aromatic rings. The van der Waals surface area contributed by atoms with Crippen molar-refractivity contribution in [3.8, 4) is 28.7 Å². The number of nitrogens with zero attached hydrogens (tertiary/aromatic N) is 3. The highest BCUT2D eigenvalue weighted by Gasteiger charge is 2.43. The van der Waals surface area contributed by atoms with Crippen molar-refractivity contribution in [2.75, 3.05) is 9.80 Å². The van der Waals surface area contributed by atoms with Crippen LogP contribution in [0.25, 0.3) is 27.5 Å². The Hall–Kier alpha value is -7.96. The summed E-state index contributed by atoms with van der Waals surface area (Å²) in [6, 6.07) is 69.9. The second-order valence-corrected chi connectivity index (χ2v) is 17.3. The molecule has 0 saturated heterocycles. The summed E-state index contributed by atoms with van der Waals surface area (Å²) in [6.45, 7) is 8.36. The van der Waals surface area contributed by atoms with E-state index in [1.165, 1.54) is 22.3 Å². The number of rotatable bonds is 7. The third-order valence-corrected chi connectivity index (χ3v) is 13.0. The molecule has 1 aromatic heterocycles. The van der Waals surface area contributed by atoms with E-state index in [1.807, 2.05) is 0 Å². The largest absolute Gasteiger partial charge is 0.458 e. The number of aromatic nitrogens is 1. The topological polar surface area (TPSA) is 29.9 Å². The van der Waals surface area contributed by atoms with Gasteiger partial charge in [0.25, 0.3) is 6.71 Å². The lowest BCUT2D eigenvalue weighted by Crippen LogP contribution is -2.57. The van der Waals surface area contributed by atoms with Crippen molar-refractivity contribution in [1.82, 2.24) is 4.57 Å². The average molecular weight is 826 g/mol. The molecule has 0 unspecified atom stereocenters. The SMILES string of the molecule is Cc1ccc(N(c2ccc(C)cc2)c2ccc3c(c2)Oc2cc4c5ccccc5n(-c5ccccc5)c4c4c2B3c2ccc(N(c3ccc(C)cc3)c3ccc(C)cc3)cc2O4)cc1. The Kier molecular flexibility index (Phi) is 8.77. The van der Waals surface area contributed by atoms with Crippen LogP contribution >= 0.6 is 0 Å². The summed E-state index contributed by atoms with van der Waals surface area (Å²) in [5.74, 6) is 3.27. The Bertz CT molecular complexity index is 3310. The molecule has 0 spiro atoms. The van der Waals surface area contributed by atoms with Crippen LogP contribution in [-0.4, -0.2) is 11.3 Å². The zero-order valence-corrected chi connectivity index (χ0v) is 36.2. The van der Waals surface area contributed by atoms with Gasteiger partial charge in [0, 0.05) is 68.2 Å². The molecule has 6 heteroatoms. The number of hydrogen-bond acceptors (Lipinski definition) is 4. The van der Waals surface area contributed by atoms with Crippen LogP contribution in [0.2, 0.25) is 0 Å². The smallest absolute Gasteiger partial charge is 0.260 e. The third-order valence-electron chi connectivity index (χ3n) is 13.0. The van der Waals surface area contributed by atoms with Gasteiger partial charge in [0.2, 0.25) is 0 Å². The molecule has 306 valence electrons. The molecular weight excluding hydrogens is 781 g/mol. The van der Waals surface area contributed by atoms with Crippen molar-refractivity contribution in [2.45, 2.75) is 27.7 Å². The summed E-state index contributed by atoms with van der Waals surface area (Å²) in [5.41, 5.74) is 17.7. The van der Waals surface area contributed by atoms with Crippen LogP contribution in [-0.2, 0) is 0 Å². The number of para-hydroxylation sites is 2. The summed E-state index contributed by atoms with van der Waals surface area (Å²) >= 11 is 0. The summed E-state index contributed by atoms with van der Waals surface area (Å²) < 4.78 is 16.9. The molecule has 5 nitrogen and oxygen atoms in total. The zero-order chi connectivity index (χ0) is 43.1. The van der Waals surface area contributed by atoms with Crippen LogP contribution in [0.4, 0.5) is 34.1 Å². The maximum atomic E-state index is 7.41. The Labute approximate surface area is 374 Å². The molecule has 0 atom stereocenters. The summed E-state index contributed by atoms with van der Waals surface area (Å²) in [4.78, 5) is 4.63. The van der Waals surface area contributed by atoms with Crippen LogP contribution in [0, 0.1) is 27.7 Å². The van der Waals surface area contributed by atoms with E-state index in [1.54, 1.807) is 0 Å². The molecule has 3 heterocycles. The zero-order valence-electron chi connectivity index (χ0n) is 36.2. The molecule has 9 aromatic carbocycles. The van der Waals surface area contributed by atoms with Gasteiger partial charge >= 0.3 is 0 Å². The first-order chi connectivity index (χ1) is 31.4. The summed E-state index contributed by atoms with van der Waals surface area (Å²) in [7, 11) is 0. The van der Waals surface area contributed by atoms with Crippen molar-refractivity contribution in [3.63, 3.8) is 0 Å². The highest BCUT2D eigenvalue weighted by Crippen LogP contribution is 2.47. The second kappa shape index (κ2) is 14.9. The van der Waals surface area contributed by atoms with Crippen LogP contribution < -0.4 is 35.7 Å². The van der Waals surface area contributed by atoms with Crippen molar-refractivity contribution in [1.29, 1.82) is 0 Å². The summed E-state index contributed by atoms with van der Waals surface area (Å²) in [6.07, 6.45) is 0. The number of anilines is 6. The molecule has 0 saturated carbocycles. The minimum absolute atomic E-state index is 0.161. The van der Waals surface area contributed by atoms with E-state index >= 15 is 0 Å². The third kappa shape index (κ3) is 6.17. The predicted octanol–water partition coefficient (Wildman–Crippen LogP) is 13.7. The van der Waals surface area contributed by atoms with E-state index in [-0.39, 0.29) is 6.71 Å². The molecule has 2 aliphatic rings. The fourth-order valence-electron chi connectivity index (χ4n) is 9.74. The van der Waals surface area contributed by atoms with Gasteiger partial charge in [-0.1, -0.05) is 119 Å². The predicted molar refractivity (Wildman–Crippen MR) is 267 cm³/mol. The van der Waals surface area contributed by atoms with Gasteiger partial charge in [-0.05, 0) is 124 Å². The van der Waals surface area contributed by atoms with Crippen molar-refractivity contribution in [2.24, 2.45) is 0 Å². The Balaban J connectivity index is 1.10. The highest BCUT2D eigenvalue weighted by molar-refractivity contribution is 6.98. The van der Waals surface area contributed by atoms with Gasteiger partial charge in [-0.15, -0.1) is 0 Å². The molecule has 12 rings (SSSR count). The maximum absolute atomic E-state index is 7.41. The van der Waals surface area contributed by atoms with E-state index < -0.39 is 0 Å².